The molecular formula is C18H18N2O. The standard InChI is InChI=1S/C18H18N2O/c1-2-14-8-6-7-11-16(14)13-20-18(21)17(12-19)15-9-4-3-5-10-15/h3-11,17H,2,13H2,1H3,(H,20,21). The monoisotopic (exact) mass is 278 g/mol. The fourth-order valence-corrected chi connectivity index (χ4v) is 2.29. The first-order valence-electron chi connectivity index (χ1n) is 7.05. The summed E-state index contributed by atoms with van der Waals surface area (Å²) in [6.07, 6.45) is 0.923. The van der Waals surface area contributed by atoms with Gasteiger partial charge in [-0.25, -0.2) is 0 Å². The maximum Gasteiger partial charge on any atom is 0.242 e. The minimum absolute atomic E-state index is 0.255. The first-order chi connectivity index (χ1) is 10.3. The number of carbonyl (C=O) groups is 1. The van der Waals surface area contributed by atoms with Gasteiger partial charge < -0.3 is 5.32 Å². The minimum Gasteiger partial charge on any atom is -0.351 e. The van der Waals surface area contributed by atoms with E-state index in [4.69, 9.17) is 0 Å². The van der Waals surface area contributed by atoms with Gasteiger partial charge in [0.1, 0.15) is 5.92 Å². The number of benzene rings is 2. The van der Waals surface area contributed by atoms with Crippen LogP contribution in [-0.4, -0.2) is 5.91 Å². The smallest absolute Gasteiger partial charge is 0.242 e. The van der Waals surface area contributed by atoms with Crippen LogP contribution in [0.1, 0.15) is 29.5 Å². The van der Waals surface area contributed by atoms with E-state index in [-0.39, 0.29) is 5.91 Å². The van der Waals surface area contributed by atoms with Crippen LogP contribution in [0.25, 0.3) is 0 Å². The van der Waals surface area contributed by atoms with Crippen LogP contribution in [0, 0.1) is 11.3 Å². The van der Waals surface area contributed by atoms with Crippen molar-refractivity contribution in [2.75, 3.05) is 0 Å². The highest BCUT2D eigenvalue weighted by Gasteiger charge is 2.19. The van der Waals surface area contributed by atoms with E-state index >= 15 is 0 Å². The molecule has 0 radical (unpaired) electrons. The zero-order valence-corrected chi connectivity index (χ0v) is 12.0. The summed E-state index contributed by atoms with van der Waals surface area (Å²) in [5.41, 5.74) is 3.03. The number of hydrogen-bond donors (Lipinski definition) is 1. The van der Waals surface area contributed by atoms with E-state index in [2.05, 4.69) is 24.4 Å². The van der Waals surface area contributed by atoms with Crippen LogP contribution < -0.4 is 5.32 Å². The number of aryl methyl sites for hydroxylation is 1. The van der Waals surface area contributed by atoms with E-state index in [1.54, 1.807) is 12.1 Å². The molecule has 21 heavy (non-hydrogen) atoms. The molecule has 1 unspecified atom stereocenters. The molecule has 106 valence electrons. The summed E-state index contributed by atoms with van der Waals surface area (Å²) < 4.78 is 0. The molecule has 0 aliphatic heterocycles. The molecule has 0 bridgehead atoms. The van der Waals surface area contributed by atoms with Gasteiger partial charge in [-0.1, -0.05) is 61.5 Å². The SMILES string of the molecule is CCc1ccccc1CNC(=O)C(C#N)c1ccccc1. The van der Waals surface area contributed by atoms with Gasteiger partial charge in [-0.15, -0.1) is 0 Å². The van der Waals surface area contributed by atoms with Gasteiger partial charge >= 0.3 is 0 Å². The molecular weight excluding hydrogens is 260 g/mol. The van der Waals surface area contributed by atoms with Gasteiger partial charge in [0.05, 0.1) is 6.07 Å². The number of nitriles is 1. The Labute approximate surface area is 125 Å². The van der Waals surface area contributed by atoms with Gasteiger partial charge in [-0.3, -0.25) is 4.79 Å². The number of nitrogens with zero attached hydrogens (tertiary/aromatic N) is 1. The molecule has 1 amide bonds. The summed E-state index contributed by atoms with van der Waals surface area (Å²) in [6, 6.07) is 19.2. The maximum absolute atomic E-state index is 12.2. The molecule has 0 aliphatic carbocycles. The quantitative estimate of drug-likeness (QED) is 0.913. The summed E-state index contributed by atoms with van der Waals surface area (Å²) in [4.78, 5) is 12.2. The third-order valence-corrected chi connectivity index (χ3v) is 3.48. The van der Waals surface area contributed by atoms with Crippen LogP contribution in [0.4, 0.5) is 0 Å². The predicted molar refractivity (Wildman–Crippen MR) is 82.5 cm³/mol. The normalized spacial score (nSPS) is 11.4. The van der Waals surface area contributed by atoms with Crippen molar-refractivity contribution < 1.29 is 4.79 Å². The average Bonchev–Trinajstić information content (AvgIpc) is 2.55. The van der Waals surface area contributed by atoms with Crippen LogP contribution in [0.2, 0.25) is 0 Å². The van der Waals surface area contributed by atoms with Gasteiger partial charge in [0.25, 0.3) is 0 Å². The first kappa shape index (κ1) is 14.8. The van der Waals surface area contributed by atoms with E-state index in [0.717, 1.165) is 17.5 Å². The molecule has 0 aromatic heterocycles. The van der Waals surface area contributed by atoms with Gasteiger partial charge in [0, 0.05) is 6.54 Å². The number of nitrogens with one attached hydrogen (secondary N) is 1. The number of carbonyl (C=O) groups excluding carboxylic acids is 1. The van der Waals surface area contributed by atoms with E-state index < -0.39 is 5.92 Å². The lowest BCUT2D eigenvalue weighted by Crippen LogP contribution is -2.28. The van der Waals surface area contributed by atoms with E-state index in [1.165, 1.54) is 5.56 Å². The lowest BCUT2D eigenvalue weighted by Gasteiger charge is -2.12. The second-order valence-electron chi connectivity index (χ2n) is 4.81. The molecule has 3 nitrogen and oxygen atoms in total. The molecule has 0 saturated carbocycles. The molecule has 0 fully saturated rings. The lowest BCUT2D eigenvalue weighted by molar-refractivity contribution is -0.121. The molecule has 2 aromatic carbocycles. The summed E-state index contributed by atoms with van der Waals surface area (Å²) >= 11 is 0. The Morgan fingerprint density at radius 1 is 1.10 bits per heavy atom. The predicted octanol–water partition coefficient (Wildman–Crippen LogP) is 3.17. The van der Waals surface area contributed by atoms with Crippen molar-refractivity contribution >= 4 is 5.91 Å². The Morgan fingerprint density at radius 3 is 2.33 bits per heavy atom. The first-order valence-corrected chi connectivity index (χ1v) is 7.05. The van der Waals surface area contributed by atoms with Gasteiger partial charge in [0.15, 0.2) is 0 Å². The molecule has 2 rings (SSSR count). The Balaban J connectivity index is 2.06. The van der Waals surface area contributed by atoms with Crippen molar-refractivity contribution in [3.8, 4) is 6.07 Å². The lowest BCUT2D eigenvalue weighted by atomic mass is 9.99. The van der Waals surface area contributed by atoms with Crippen LogP contribution in [-0.2, 0) is 17.8 Å². The average molecular weight is 278 g/mol. The van der Waals surface area contributed by atoms with E-state index in [0.29, 0.717) is 6.54 Å². The molecule has 0 spiro atoms. The number of hydrogen-bond acceptors (Lipinski definition) is 2. The highest BCUT2D eigenvalue weighted by molar-refractivity contribution is 5.86. The van der Waals surface area contributed by atoms with E-state index in [9.17, 15) is 10.1 Å². The van der Waals surface area contributed by atoms with Gasteiger partial charge in [-0.05, 0) is 23.1 Å². The highest BCUT2D eigenvalue weighted by Crippen LogP contribution is 2.15. The van der Waals surface area contributed by atoms with Crippen molar-refractivity contribution in [2.45, 2.75) is 25.8 Å². The fourth-order valence-electron chi connectivity index (χ4n) is 2.29. The molecule has 0 heterocycles. The van der Waals surface area contributed by atoms with E-state index in [1.807, 2.05) is 36.4 Å². The summed E-state index contributed by atoms with van der Waals surface area (Å²) in [5.74, 6) is -1.02. The molecule has 3 heteroatoms. The molecule has 0 saturated heterocycles. The molecule has 1 atom stereocenters. The molecule has 0 aliphatic rings. The Kier molecular flexibility index (Phi) is 5.11. The fraction of sp³-hybridized carbons (Fsp3) is 0.222. The Morgan fingerprint density at radius 2 is 1.71 bits per heavy atom. The minimum atomic E-state index is -0.764. The Bertz CT molecular complexity index is 644. The topological polar surface area (TPSA) is 52.9 Å². The van der Waals surface area contributed by atoms with Gasteiger partial charge in [-0.2, -0.15) is 5.26 Å². The second kappa shape index (κ2) is 7.25. The largest absolute Gasteiger partial charge is 0.351 e. The third kappa shape index (κ3) is 3.70. The van der Waals surface area contributed by atoms with Crippen molar-refractivity contribution in [3.63, 3.8) is 0 Å². The zero-order chi connectivity index (χ0) is 15.1. The third-order valence-electron chi connectivity index (χ3n) is 3.48. The maximum atomic E-state index is 12.2. The van der Waals surface area contributed by atoms with Crippen molar-refractivity contribution in [3.05, 3.63) is 71.3 Å². The highest BCUT2D eigenvalue weighted by atomic mass is 16.1. The van der Waals surface area contributed by atoms with Crippen molar-refractivity contribution in [1.29, 1.82) is 5.26 Å². The summed E-state index contributed by atoms with van der Waals surface area (Å²) in [5, 5.41) is 12.1. The van der Waals surface area contributed by atoms with Crippen LogP contribution in [0.15, 0.2) is 54.6 Å². The van der Waals surface area contributed by atoms with Crippen molar-refractivity contribution in [2.24, 2.45) is 0 Å². The Hall–Kier alpha value is -2.60. The summed E-state index contributed by atoms with van der Waals surface area (Å²) in [7, 11) is 0. The summed E-state index contributed by atoms with van der Waals surface area (Å²) in [6.45, 7) is 2.54. The van der Waals surface area contributed by atoms with Gasteiger partial charge in [0.2, 0.25) is 5.91 Å². The van der Waals surface area contributed by atoms with Crippen LogP contribution >= 0.6 is 0 Å². The molecule has 2 aromatic rings. The number of rotatable bonds is 5. The zero-order valence-electron chi connectivity index (χ0n) is 12.0. The van der Waals surface area contributed by atoms with Crippen LogP contribution in [0.5, 0.6) is 0 Å². The van der Waals surface area contributed by atoms with Crippen LogP contribution in [0.3, 0.4) is 0 Å². The molecule has 1 N–H and O–H groups in total. The number of amides is 1. The second-order valence-corrected chi connectivity index (χ2v) is 4.81. The van der Waals surface area contributed by atoms with Crippen molar-refractivity contribution in [1.82, 2.24) is 5.32 Å².